The molecule has 0 aliphatic carbocycles. The van der Waals surface area contributed by atoms with E-state index in [4.69, 9.17) is 24.1 Å². The average molecular weight is 821 g/mol. The first-order chi connectivity index (χ1) is 28.1. The predicted molar refractivity (Wildman–Crippen MR) is 213 cm³/mol. The maximum absolute atomic E-state index is 13.0. The van der Waals surface area contributed by atoms with Gasteiger partial charge in [0.2, 0.25) is 5.56 Å². The number of aromatic hydroxyl groups is 1. The lowest BCUT2D eigenvalue weighted by Gasteiger charge is -2.36. The molecular weight excluding hydrogens is 773 g/mol. The van der Waals surface area contributed by atoms with Crippen molar-refractivity contribution in [2.75, 3.05) is 58.8 Å². The lowest BCUT2D eigenvalue weighted by molar-refractivity contribution is -0.896. The lowest BCUT2D eigenvalue weighted by Crippen LogP contribution is -2.48. The molecule has 0 saturated carbocycles. The molecule has 1 atom stereocenters. The number of pyridine rings is 1. The number of hydrogen-bond acceptors (Lipinski definition) is 10. The molecule has 4 aromatic carbocycles. The molecule has 13 nitrogen and oxygen atoms in total. The number of carboxylic acids is 1. The monoisotopic (exact) mass is 820 g/mol. The zero-order chi connectivity index (χ0) is 42.6. The Kier molecular flexibility index (Phi) is 15.0. The van der Waals surface area contributed by atoms with E-state index in [1.54, 1.807) is 12.1 Å². The first-order valence-electron chi connectivity index (χ1n) is 18.9. The number of H-pyrrole nitrogens is 1. The van der Waals surface area contributed by atoms with Crippen molar-refractivity contribution in [2.45, 2.75) is 37.6 Å². The smallest absolute Gasteiger partial charge is 0.430 e. The second-order valence-corrected chi connectivity index (χ2v) is 14.6. The van der Waals surface area contributed by atoms with Gasteiger partial charge in [0.25, 0.3) is 0 Å². The van der Waals surface area contributed by atoms with Crippen LogP contribution in [0.3, 0.4) is 0 Å². The molecule has 1 aliphatic heterocycles. The molecule has 1 amide bonds. The van der Waals surface area contributed by atoms with Gasteiger partial charge in [0.1, 0.15) is 42.5 Å². The normalized spacial score (nSPS) is 14.4. The van der Waals surface area contributed by atoms with Crippen LogP contribution in [-0.4, -0.2) is 97.5 Å². The van der Waals surface area contributed by atoms with E-state index in [9.17, 15) is 33.0 Å². The minimum Gasteiger partial charge on any atom is -0.542 e. The van der Waals surface area contributed by atoms with Gasteiger partial charge < -0.3 is 49.1 Å². The zero-order valence-corrected chi connectivity index (χ0v) is 32.6. The topological polar surface area (TPSA) is 182 Å². The SMILES string of the molecule is C[N+]1(C)CCC(OC(=O)Nc2cc(OCCOc3ccc(CCNC[C@H](O)c4ccc(O)c5[nH]c(=O)ccc45)cc3)ccc2-c2ccccc2)CC1.O=C([O-])C(F)(F)F. The Labute approximate surface area is 338 Å². The number of aliphatic hydroxyl groups excluding tert-OH is 1. The third kappa shape index (κ3) is 13.2. The molecule has 5 aromatic rings. The molecule has 6 rings (SSSR count). The fraction of sp³-hybridized carbons (Fsp3) is 0.326. The number of aliphatic carboxylic acids is 1. The maximum atomic E-state index is 13.0. The third-order valence-corrected chi connectivity index (χ3v) is 9.67. The highest BCUT2D eigenvalue weighted by Gasteiger charge is 2.29. The Bertz CT molecular complexity index is 2220. The molecule has 16 heteroatoms. The Hall–Kier alpha value is -6.10. The van der Waals surface area contributed by atoms with E-state index in [1.165, 1.54) is 12.1 Å². The van der Waals surface area contributed by atoms with Crippen molar-refractivity contribution in [2.24, 2.45) is 0 Å². The molecule has 1 aliphatic rings. The summed E-state index contributed by atoms with van der Waals surface area (Å²) < 4.78 is 50.2. The second kappa shape index (κ2) is 20.0. The number of carboxylic acid groups (broad SMARTS) is 1. The zero-order valence-electron chi connectivity index (χ0n) is 32.6. The maximum Gasteiger partial charge on any atom is 0.430 e. The molecule has 314 valence electrons. The number of hydrogen-bond donors (Lipinski definition) is 5. The molecule has 1 fully saturated rings. The van der Waals surface area contributed by atoms with Gasteiger partial charge in [-0.3, -0.25) is 10.1 Å². The highest BCUT2D eigenvalue weighted by Crippen LogP contribution is 2.32. The summed E-state index contributed by atoms with van der Waals surface area (Å²) in [5, 5.41) is 36.5. The first-order valence-corrected chi connectivity index (χ1v) is 18.9. The van der Waals surface area contributed by atoms with Crippen molar-refractivity contribution in [3.63, 3.8) is 0 Å². The summed E-state index contributed by atoms with van der Waals surface area (Å²) in [6, 6.07) is 29.5. The largest absolute Gasteiger partial charge is 0.542 e. The number of benzene rings is 4. The van der Waals surface area contributed by atoms with Crippen LogP contribution in [0.5, 0.6) is 17.2 Å². The van der Waals surface area contributed by atoms with Gasteiger partial charge in [0.05, 0.1) is 44.5 Å². The number of aromatic nitrogens is 1. The average Bonchev–Trinajstić information content (AvgIpc) is 3.20. The molecule has 0 spiro atoms. The van der Waals surface area contributed by atoms with Crippen molar-refractivity contribution >= 4 is 28.7 Å². The van der Waals surface area contributed by atoms with Gasteiger partial charge in [-0.1, -0.05) is 48.5 Å². The van der Waals surface area contributed by atoms with E-state index in [2.05, 4.69) is 29.7 Å². The molecule has 5 N–H and O–H groups in total. The highest BCUT2D eigenvalue weighted by molar-refractivity contribution is 5.92. The summed E-state index contributed by atoms with van der Waals surface area (Å²) in [6.07, 6.45) is -4.13. The van der Waals surface area contributed by atoms with Crippen LogP contribution in [0, 0.1) is 0 Å². The summed E-state index contributed by atoms with van der Waals surface area (Å²) in [4.78, 5) is 36.0. The number of aromatic amines is 1. The molecule has 0 unspecified atom stereocenters. The number of fused-ring (bicyclic) bond motifs is 1. The minimum absolute atomic E-state index is 0.0364. The molecular formula is C43H47F3N4O9. The third-order valence-electron chi connectivity index (χ3n) is 9.67. The van der Waals surface area contributed by atoms with Crippen molar-refractivity contribution in [1.82, 2.24) is 10.3 Å². The van der Waals surface area contributed by atoms with Gasteiger partial charge in [-0.25, -0.2) is 4.79 Å². The van der Waals surface area contributed by atoms with Gasteiger partial charge in [-0.05, 0) is 66.1 Å². The van der Waals surface area contributed by atoms with Crippen LogP contribution in [0.15, 0.2) is 102 Å². The Morgan fingerprint density at radius 2 is 1.56 bits per heavy atom. The van der Waals surface area contributed by atoms with Crippen molar-refractivity contribution < 1.29 is 56.8 Å². The summed E-state index contributed by atoms with van der Waals surface area (Å²) in [7, 11) is 4.39. The minimum atomic E-state index is -5.19. The van der Waals surface area contributed by atoms with Crippen LogP contribution in [0.4, 0.5) is 23.7 Å². The van der Waals surface area contributed by atoms with E-state index in [0.29, 0.717) is 54.2 Å². The van der Waals surface area contributed by atoms with E-state index in [-0.39, 0.29) is 17.4 Å². The van der Waals surface area contributed by atoms with Crippen LogP contribution in [0.1, 0.15) is 30.1 Å². The van der Waals surface area contributed by atoms with Crippen LogP contribution in [0.25, 0.3) is 22.0 Å². The number of carbonyl (C=O) groups excluding carboxylic acids is 2. The molecule has 0 radical (unpaired) electrons. The Morgan fingerprint density at radius 1 is 0.915 bits per heavy atom. The number of likely N-dealkylation sites (tertiary alicyclic amines) is 1. The van der Waals surface area contributed by atoms with Crippen LogP contribution in [0.2, 0.25) is 0 Å². The summed E-state index contributed by atoms with van der Waals surface area (Å²) >= 11 is 0. The van der Waals surface area contributed by atoms with Gasteiger partial charge >= 0.3 is 12.3 Å². The van der Waals surface area contributed by atoms with E-state index in [0.717, 1.165) is 59.3 Å². The Balaban J connectivity index is 0.000000867. The second-order valence-electron chi connectivity index (χ2n) is 14.6. The number of rotatable bonds is 14. The highest BCUT2D eigenvalue weighted by atomic mass is 19.4. The number of amides is 1. The lowest BCUT2D eigenvalue weighted by atomic mass is 10.0. The summed E-state index contributed by atoms with van der Waals surface area (Å²) in [6.45, 7) is 3.55. The summed E-state index contributed by atoms with van der Waals surface area (Å²) in [5.41, 5.74) is 4.21. The van der Waals surface area contributed by atoms with Crippen molar-refractivity contribution in [3.8, 4) is 28.4 Å². The van der Waals surface area contributed by atoms with Crippen LogP contribution in [-0.2, 0) is 16.0 Å². The standard InChI is InChI=1S/C41H46N4O7.C2HF3O2/c1-45(2)22-19-31(20-23-45)52-41(49)43-36-26-32(12-13-33(36)29-6-4-3-5-7-29)51-25-24-50-30-10-8-28(9-11-30)18-21-42-27-38(47)34-14-16-37(46)40-35(34)15-17-39(48)44-40;3-2(4,5)1(6)7/h3-17,26,31,38,42,47H,18-25,27H2,1-2H3,(H2-,43,44,46,48,49);(H,6,7)/t38-;/m0./s1. The fourth-order valence-corrected chi connectivity index (χ4v) is 6.44. The molecule has 2 heterocycles. The predicted octanol–water partition coefficient (Wildman–Crippen LogP) is 5.31. The van der Waals surface area contributed by atoms with Crippen molar-refractivity contribution in [3.05, 3.63) is 119 Å². The number of alkyl halides is 3. The van der Waals surface area contributed by atoms with Crippen molar-refractivity contribution in [1.29, 1.82) is 0 Å². The number of phenols is 1. The summed E-state index contributed by atoms with van der Waals surface area (Å²) in [5.74, 6) is -1.71. The fourth-order valence-electron chi connectivity index (χ4n) is 6.44. The number of halogens is 3. The number of quaternary nitrogens is 1. The first kappa shape index (κ1) is 44.0. The molecule has 1 aromatic heterocycles. The number of ether oxygens (including phenoxy) is 3. The van der Waals surface area contributed by atoms with Gasteiger partial charge in [0.15, 0.2) is 0 Å². The number of phenolic OH excluding ortho intramolecular Hbond substituents is 1. The van der Waals surface area contributed by atoms with Gasteiger partial charge in [-0.15, -0.1) is 0 Å². The van der Waals surface area contributed by atoms with E-state index >= 15 is 0 Å². The number of carbonyl (C=O) groups is 2. The quantitative estimate of drug-likeness (QED) is 0.0728. The molecule has 1 saturated heterocycles. The van der Waals surface area contributed by atoms with Gasteiger partial charge in [0, 0.05) is 42.5 Å². The van der Waals surface area contributed by atoms with E-state index in [1.807, 2.05) is 72.8 Å². The molecule has 59 heavy (non-hydrogen) atoms. The van der Waals surface area contributed by atoms with Gasteiger partial charge in [-0.2, -0.15) is 13.2 Å². The Morgan fingerprint density at radius 3 is 2.22 bits per heavy atom. The number of nitrogens with zero attached hydrogens (tertiary/aromatic N) is 1. The molecule has 0 bridgehead atoms. The van der Waals surface area contributed by atoms with E-state index < -0.39 is 24.3 Å². The number of anilines is 1. The van der Waals surface area contributed by atoms with Crippen LogP contribution >= 0.6 is 0 Å². The van der Waals surface area contributed by atoms with Crippen LogP contribution < -0.4 is 30.8 Å². The number of piperidine rings is 1. The number of aliphatic hydroxyl groups is 1. The number of nitrogens with one attached hydrogen (secondary N) is 3.